The molecule has 3 heterocycles. The van der Waals surface area contributed by atoms with E-state index in [1.165, 1.54) is 22.7 Å². The molecule has 7 nitrogen and oxygen atoms in total. The van der Waals surface area contributed by atoms with E-state index in [0.29, 0.717) is 34.5 Å². The highest BCUT2D eigenvalue weighted by atomic mass is 32.1. The number of thiazole rings is 1. The summed E-state index contributed by atoms with van der Waals surface area (Å²) in [5.41, 5.74) is 4.75. The second kappa shape index (κ2) is 11.6. The number of carbonyl (C=O) groups is 1. The quantitative estimate of drug-likeness (QED) is 0.178. The molecular weight excluding hydrogens is 553 g/mol. The Hall–Kier alpha value is -4.47. The van der Waals surface area contributed by atoms with Crippen LogP contribution in [0.5, 0.6) is 11.5 Å². The zero-order chi connectivity index (χ0) is 28.3. The number of para-hydroxylation sites is 1. The van der Waals surface area contributed by atoms with E-state index in [2.05, 4.69) is 0 Å². The zero-order valence-corrected chi connectivity index (χ0v) is 24.5. The maximum Gasteiger partial charge on any atom is 0.270 e. The zero-order valence-electron chi connectivity index (χ0n) is 22.9. The SMILES string of the molecule is COc1ccc(CCN(C(=O)c2cc3c(C)nn(-c4ccccc4)c3s2)c2nc(-c3ccccc3)cs2)cc1OC. The van der Waals surface area contributed by atoms with Gasteiger partial charge in [0.2, 0.25) is 0 Å². The van der Waals surface area contributed by atoms with Crippen LogP contribution in [0.4, 0.5) is 5.13 Å². The molecule has 0 aliphatic rings. The first-order valence-electron chi connectivity index (χ1n) is 13.1. The largest absolute Gasteiger partial charge is 0.493 e. The molecule has 3 aromatic carbocycles. The van der Waals surface area contributed by atoms with E-state index < -0.39 is 0 Å². The van der Waals surface area contributed by atoms with Crippen molar-refractivity contribution in [1.82, 2.24) is 14.8 Å². The van der Waals surface area contributed by atoms with Gasteiger partial charge in [0.1, 0.15) is 4.83 Å². The number of nitrogens with zero attached hydrogens (tertiary/aromatic N) is 4. The number of thiophene rings is 1. The van der Waals surface area contributed by atoms with E-state index in [-0.39, 0.29) is 5.91 Å². The highest BCUT2D eigenvalue weighted by Gasteiger charge is 2.25. The van der Waals surface area contributed by atoms with E-state index in [1.807, 2.05) is 102 Å². The maximum atomic E-state index is 14.2. The summed E-state index contributed by atoms with van der Waals surface area (Å²) in [7, 11) is 3.24. The maximum absolute atomic E-state index is 14.2. The van der Waals surface area contributed by atoms with Gasteiger partial charge in [-0.25, -0.2) is 9.67 Å². The minimum absolute atomic E-state index is 0.0837. The van der Waals surface area contributed by atoms with E-state index >= 15 is 0 Å². The summed E-state index contributed by atoms with van der Waals surface area (Å²) in [6.45, 7) is 2.43. The average molecular weight is 581 g/mol. The number of benzene rings is 3. The second-order valence-corrected chi connectivity index (χ2v) is 11.3. The molecule has 206 valence electrons. The molecule has 0 fully saturated rings. The highest BCUT2D eigenvalue weighted by Crippen LogP contribution is 2.34. The minimum atomic E-state index is -0.0837. The van der Waals surface area contributed by atoms with Gasteiger partial charge in [0.05, 0.1) is 36.2 Å². The topological polar surface area (TPSA) is 69.5 Å². The summed E-state index contributed by atoms with van der Waals surface area (Å²) in [6.07, 6.45) is 0.619. The molecule has 0 atom stereocenters. The Balaban J connectivity index is 1.36. The number of anilines is 1. The molecule has 0 unspecified atom stereocenters. The molecule has 9 heteroatoms. The van der Waals surface area contributed by atoms with Crippen molar-refractivity contribution < 1.29 is 14.3 Å². The Labute approximate surface area is 246 Å². The summed E-state index contributed by atoms with van der Waals surface area (Å²) in [6, 6.07) is 27.8. The lowest BCUT2D eigenvalue weighted by Crippen LogP contribution is -2.32. The van der Waals surface area contributed by atoms with E-state index in [4.69, 9.17) is 19.6 Å². The molecule has 0 radical (unpaired) electrons. The van der Waals surface area contributed by atoms with Gasteiger partial charge in [-0.3, -0.25) is 9.69 Å². The summed E-state index contributed by atoms with van der Waals surface area (Å²) >= 11 is 2.93. The number of aryl methyl sites for hydroxylation is 1. The van der Waals surface area contributed by atoms with Crippen molar-refractivity contribution in [3.8, 4) is 28.4 Å². The number of methoxy groups -OCH3 is 2. The van der Waals surface area contributed by atoms with Crippen LogP contribution in [0.3, 0.4) is 0 Å². The molecular formula is C32H28N4O3S2. The van der Waals surface area contributed by atoms with Gasteiger partial charge in [-0.15, -0.1) is 22.7 Å². The molecule has 0 N–H and O–H groups in total. The molecule has 0 aliphatic heterocycles. The van der Waals surface area contributed by atoms with E-state index in [1.54, 1.807) is 19.1 Å². The standard InChI is InChI=1S/C32H28N4O3S2/c1-21-25-19-29(41-31(25)36(34-21)24-12-8-5-9-13-24)30(37)35(17-16-22-14-15-27(38-2)28(18-22)39-3)32-33-26(20-40-32)23-10-6-4-7-11-23/h4-15,18-20H,16-17H2,1-3H3. The van der Waals surface area contributed by atoms with Crippen LogP contribution in [0.25, 0.3) is 27.2 Å². The third-order valence-electron chi connectivity index (χ3n) is 6.87. The van der Waals surface area contributed by atoms with Crippen molar-refractivity contribution in [2.75, 3.05) is 25.7 Å². The molecule has 0 bridgehead atoms. The Bertz CT molecular complexity index is 1810. The lowest BCUT2D eigenvalue weighted by atomic mass is 10.1. The monoisotopic (exact) mass is 580 g/mol. The molecule has 0 aliphatic carbocycles. The van der Waals surface area contributed by atoms with Crippen molar-refractivity contribution in [2.45, 2.75) is 13.3 Å². The first-order chi connectivity index (χ1) is 20.1. The molecule has 6 aromatic rings. The van der Waals surface area contributed by atoms with Crippen LogP contribution in [0.2, 0.25) is 0 Å². The van der Waals surface area contributed by atoms with Crippen LogP contribution in [0.1, 0.15) is 20.9 Å². The van der Waals surface area contributed by atoms with Crippen LogP contribution in [0.15, 0.2) is 90.3 Å². The summed E-state index contributed by atoms with van der Waals surface area (Å²) < 4.78 is 12.8. The fourth-order valence-corrected chi connectivity index (χ4v) is 6.71. The third kappa shape index (κ3) is 5.33. The van der Waals surface area contributed by atoms with Gasteiger partial charge < -0.3 is 9.47 Å². The van der Waals surface area contributed by atoms with Gasteiger partial charge >= 0.3 is 0 Å². The summed E-state index contributed by atoms with van der Waals surface area (Å²) in [5, 5.41) is 8.38. The van der Waals surface area contributed by atoms with Crippen LogP contribution in [-0.2, 0) is 6.42 Å². The normalized spacial score (nSPS) is 11.1. The number of aromatic nitrogens is 3. The fraction of sp³-hybridized carbons (Fsp3) is 0.156. The number of fused-ring (bicyclic) bond motifs is 1. The molecule has 6 rings (SSSR count). The Morgan fingerprint density at radius 2 is 1.66 bits per heavy atom. The van der Waals surface area contributed by atoms with Gasteiger partial charge in [-0.05, 0) is 49.2 Å². The van der Waals surface area contributed by atoms with Crippen LogP contribution < -0.4 is 14.4 Å². The van der Waals surface area contributed by atoms with Gasteiger partial charge in [0.15, 0.2) is 16.6 Å². The number of hydrogen-bond acceptors (Lipinski definition) is 7. The number of hydrogen-bond donors (Lipinski definition) is 0. The lowest BCUT2D eigenvalue weighted by molar-refractivity contribution is 0.0991. The van der Waals surface area contributed by atoms with E-state index in [0.717, 1.165) is 38.4 Å². The molecule has 3 aromatic heterocycles. The predicted molar refractivity (Wildman–Crippen MR) is 166 cm³/mol. The lowest BCUT2D eigenvalue weighted by Gasteiger charge is -2.20. The number of rotatable bonds is 9. The summed E-state index contributed by atoms with van der Waals surface area (Å²) in [5.74, 6) is 1.25. The Morgan fingerprint density at radius 3 is 2.39 bits per heavy atom. The predicted octanol–water partition coefficient (Wildman–Crippen LogP) is 7.43. The molecule has 41 heavy (non-hydrogen) atoms. The second-order valence-electron chi connectivity index (χ2n) is 9.44. The van der Waals surface area contributed by atoms with Gasteiger partial charge in [-0.2, -0.15) is 5.10 Å². The Kier molecular flexibility index (Phi) is 7.54. The smallest absolute Gasteiger partial charge is 0.270 e. The number of carbonyl (C=O) groups excluding carboxylic acids is 1. The minimum Gasteiger partial charge on any atom is -0.493 e. The third-order valence-corrected chi connectivity index (χ3v) is 8.83. The van der Waals surface area contributed by atoms with Gasteiger partial charge in [-0.1, -0.05) is 54.6 Å². The first-order valence-corrected chi connectivity index (χ1v) is 14.8. The molecule has 0 spiro atoms. The van der Waals surface area contributed by atoms with Gasteiger partial charge in [0.25, 0.3) is 5.91 Å². The van der Waals surface area contributed by atoms with Crippen molar-refractivity contribution in [3.05, 3.63) is 106 Å². The highest BCUT2D eigenvalue weighted by molar-refractivity contribution is 7.20. The van der Waals surface area contributed by atoms with Crippen molar-refractivity contribution in [3.63, 3.8) is 0 Å². The van der Waals surface area contributed by atoms with Crippen molar-refractivity contribution >= 4 is 43.9 Å². The fourth-order valence-electron chi connectivity index (χ4n) is 4.72. The number of ether oxygens (including phenoxy) is 2. The molecule has 0 saturated heterocycles. The Morgan fingerprint density at radius 1 is 0.927 bits per heavy atom. The molecule has 1 amide bonds. The molecule has 0 saturated carbocycles. The van der Waals surface area contributed by atoms with E-state index in [9.17, 15) is 4.79 Å². The van der Waals surface area contributed by atoms with Crippen molar-refractivity contribution in [1.29, 1.82) is 0 Å². The average Bonchev–Trinajstić information content (AvgIpc) is 3.75. The summed E-state index contributed by atoms with van der Waals surface area (Å²) in [4.78, 5) is 22.5. The number of amides is 1. The van der Waals surface area contributed by atoms with Crippen LogP contribution >= 0.6 is 22.7 Å². The van der Waals surface area contributed by atoms with Crippen molar-refractivity contribution in [2.24, 2.45) is 0 Å². The first kappa shape index (κ1) is 26.7. The van der Waals surface area contributed by atoms with Crippen LogP contribution in [-0.4, -0.2) is 41.4 Å². The van der Waals surface area contributed by atoms with Gasteiger partial charge in [0, 0.05) is 22.9 Å². The van der Waals surface area contributed by atoms with Crippen LogP contribution in [0, 0.1) is 6.92 Å².